The van der Waals surface area contributed by atoms with Gasteiger partial charge in [0.05, 0.1) is 17.3 Å². The number of carbonyl (C=O) groups is 1. The number of anilines is 1. The van der Waals surface area contributed by atoms with Crippen LogP contribution in [0.25, 0.3) is 0 Å². The van der Waals surface area contributed by atoms with Crippen LogP contribution in [-0.4, -0.2) is 101 Å². The van der Waals surface area contributed by atoms with Gasteiger partial charge in [0, 0.05) is 75.0 Å². The molecule has 2 atom stereocenters. The third-order valence-electron chi connectivity index (χ3n) is 10.1. The summed E-state index contributed by atoms with van der Waals surface area (Å²) in [6.07, 6.45) is 4.26. The fourth-order valence-corrected chi connectivity index (χ4v) is 7.42. The summed E-state index contributed by atoms with van der Waals surface area (Å²) < 4.78 is 6.11. The first kappa shape index (κ1) is 33.0. The van der Waals surface area contributed by atoms with E-state index in [9.17, 15) is 15.2 Å². The summed E-state index contributed by atoms with van der Waals surface area (Å²) in [7, 11) is 0. The molecule has 3 fully saturated rings. The number of nitrogens with zero attached hydrogens (tertiary/aromatic N) is 7. The van der Waals surface area contributed by atoms with Crippen molar-refractivity contribution in [3.8, 4) is 11.8 Å². The summed E-state index contributed by atoms with van der Waals surface area (Å²) in [6.45, 7) is 12.9. The maximum atomic E-state index is 11.5. The van der Waals surface area contributed by atoms with E-state index in [0.717, 1.165) is 87.2 Å². The van der Waals surface area contributed by atoms with Gasteiger partial charge in [0.25, 0.3) is 0 Å². The number of hydrogen-bond acceptors (Lipinski definition) is 8. The molecule has 6 rings (SSSR count). The molecule has 3 aliphatic heterocycles. The van der Waals surface area contributed by atoms with Crippen molar-refractivity contribution in [2.75, 3.05) is 63.8 Å². The molecule has 10 nitrogen and oxygen atoms in total. The van der Waals surface area contributed by atoms with Crippen molar-refractivity contribution in [1.29, 1.82) is 5.26 Å². The number of likely N-dealkylation sites (tertiary alicyclic amines) is 2. The van der Waals surface area contributed by atoms with Gasteiger partial charge >= 0.3 is 6.09 Å². The molecule has 3 aliphatic rings. The van der Waals surface area contributed by atoms with Crippen LogP contribution in [0.1, 0.15) is 55.5 Å². The third-order valence-corrected chi connectivity index (χ3v) is 10.3. The van der Waals surface area contributed by atoms with Gasteiger partial charge in [-0.05, 0) is 79.3 Å². The van der Waals surface area contributed by atoms with E-state index in [2.05, 4.69) is 51.7 Å². The van der Waals surface area contributed by atoms with Crippen LogP contribution < -0.4 is 9.64 Å². The highest BCUT2D eigenvalue weighted by Gasteiger charge is 2.33. The van der Waals surface area contributed by atoms with Gasteiger partial charge in [0.2, 0.25) is 5.95 Å². The van der Waals surface area contributed by atoms with Crippen molar-refractivity contribution in [1.82, 2.24) is 24.7 Å². The van der Waals surface area contributed by atoms with E-state index >= 15 is 0 Å². The van der Waals surface area contributed by atoms with Gasteiger partial charge in [-0.2, -0.15) is 5.26 Å². The van der Waals surface area contributed by atoms with Crippen LogP contribution in [0.5, 0.6) is 5.75 Å². The molecule has 2 aromatic carbocycles. The van der Waals surface area contributed by atoms with E-state index in [4.69, 9.17) is 21.3 Å². The van der Waals surface area contributed by atoms with E-state index in [1.54, 1.807) is 11.0 Å². The van der Waals surface area contributed by atoms with Gasteiger partial charge in [0.1, 0.15) is 12.4 Å². The Morgan fingerprint density at radius 1 is 1.02 bits per heavy atom. The highest BCUT2D eigenvalue weighted by molar-refractivity contribution is 6.30. The number of piperazine rings is 1. The van der Waals surface area contributed by atoms with E-state index in [-0.39, 0.29) is 5.41 Å². The number of hydrogen-bond donors (Lipinski definition) is 1. The number of rotatable bonds is 9. The lowest BCUT2D eigenvalue weighted by molar-refractivity contribution is 0.0937. The van der Waals surface area contributed by atoms with Gasteiger partial charge in [0.15, 0.2) is 0 Å². The van der Waals surface area contributed by atoms with Crippen molar-refractivity contribution in [3.63, 3.8) is 0 Å². The van der Waals surface area contributed by atoms with Crippen LogP contribution >= 0.6 is 11.6 Å². The Balaban J connectivity index is 0.970. The second-order valence-electron chi connectivity index (χ2n) is 13.6. The minimum Gasteiger partial charge on any atom is -0.487 e. The summed E-state index contributed by atoms with van der Waals surface area (Å²) in [5.74, 6) is 2.13. The first-order valence-electron chi connectivity index (χ1n) is 16.6. The molecule has 1 N–H and O–H groups in total. The molecule has 3 aromatic rings. The zero-order chi connectivity index (χ0) is 33.0. The minimum absolute atomic E-state index is 0.334. The number of ether oxygens (including phenoxy) is 1. The lowest BCUT2D eigenvalue weighted by Crippen LogP contribution is -2.50. The average molecular weight is 658 g/mol. The number of carboxylic acid groups (broad SMARTS) is 1. The molecule has 0 radical (unpaired) electrons. The molecule has 1 aromatic heterocycles. The largest absolute Gasteiger partial charge is 0.487 e. The molecular weight excluding hydrogens is 614 g/mol. The summed E-state index contributed by atoms with van der Waals surface area (Å²) in [5, 5.41) is 19.3. The normalized spacial score (nSPS) is 21.1. The molecule has 0 bridgehead atoms. The van der Waals surface area contributed by atoms with Crippen molar-refractivity contribution in [2.45, 2.75) is 51.2 Å². The Morgan fingerprint density at radius 2 is 1.81 bits per heavy atom. The molecule has 47 heavy (non-hydrogen) atoms. The highest BCUT2D eigenvalue weighted by Crippen LogP contribution is 2.34. The predicted molar refractivity (Wildman–Crippen MR) is 182 cm³/mol. The molecule has 1 amide bonds. The molecule has 0 aliphatic carbocycles. The standard InChI is InChI=1S/C36H44ClN7O3/c1-36(2,29-18-27(21-38)19-30(37)20-29)28-5-7-33(8-6-28)47-25-31-9-11-39-34(40-31)42-16-14-41(15-17-42)22-26-10-13-43(23-26)32-4-3-12-44(24-32)35(45)46/h5-9,11,18-20,26,32H,3-4,10,12-17,22-25H2,1-2H3,(H,45,46). The van der Waals surface area contributed by atoms with Gasteiger partial charge in [-0.3, -0.25) is 9.80 Å². The van der Waals surface area contributed by atoms with Crippen LogP contribution in [0, 0.1) is 17.2 Å². The second-order valence-corrected chi connectivity index (χ2v) is 14.0. The maximum absolute atomic E-state index is 11.5. The van der Waals surface area contributed by atoms with Crippen molar-refractivity contribution >= 4 is 23.6 Å². The first-order valence-corrected chi connectivity index (χ1v) is 17.0. The molecule has 0 saturated carbocycles. The van der Waals surface area contributed by atoms with Crippen LogP contribution in [0.4, 0.5) is 10.7 Å². The molecule has 2 unspecified atom stereocenters. The van der Waals surface area contributed by atoms with Gasteiger partial charge in [-0.1, -0.05) is 37.6 Å². The molecular formula is C36H44ClN7O3. The Kier molecular flexibility index (Phi) is 10.2. The average Bonchev–Trinajstić information content (AvgIpc) is 3.56. The maximum Gasteiger partial charge on any atom is 0.407 e. The quantitative estimate of drug-likeness (QED) is 0.319. The summed E-state index contributed by atoms with van der Waals surface area (Å²) >= 11 is 6.28. The van der Waals surface area contributed by atoms with E-state index < -0.39 is 6.09 Å². The first-order chi connectivity index (χ1) is 22.7. The fourth-order valence-electron chi connectivity index (χ4n) is 7.19. The number of piperidine rings is 1. The lowest BCUT2D eigenvalue weighted by atomic mass is 9.78. The molecule has 0 spiro atoms. The van der Waals surface area contributed by atoms with Crippen molar-refractivity contribution in [2.24, 2.45) is 5.92 Å². The monoisotopic (exact) mass is 657 g/mol. The number of halogens is 1. The fraction of sp³-hybridized carbons (Fsp3) is 0.500. The summed E-state index contributed by atoms with van der Waals surface area (Å²) in [5.41, 5.74) is 3.13. The zero-order valence-electron chi connectivity index (χ0n) is 27.3. The van der Waals surface area contributed by atoms with Crippen LogP contribution in [-0.2, 0) is 12.0 Å². The Labute approximate surface area is 282 Å². The van der Waals surface area contributed by atoms with Crippen molar-refractivity contribution in [3.05, 3.63) is 82.1 Å². The molecule has 248 valence electrons. The van der Waals surface area contributed by atoms with Crippen LogP contribution in [0.15, 0.2) is 54.7 Å². The van der Waals surface area contributed by atoms with Crippen LogP contribution in [0.2, 0.25) is 5.02 Å². The van der Waals surface area contributed by atoms with Crippen molar-refractivity contribution < 1.29 is 14.6 Å². The predicted octanol–water partition coefficient (Wildman–Crippen LogP) is 5.49. The Bertz CT molecular complexity index is 1590. The smallest absolute Gasteiger partial charge is 0.407 e. The summed E-state index contributed by atoms with van der Waals surface area (Å²) in [4.78, 5) is 29.8. The number of amides is 1. The zero-order valence-corrected chi connectivity index (χ0v) is 28.1. The Morgan fingerprint density at radius 3 is 2.55 bits per heavy atom. The third kappa shape index (κ3) is 7.98. The number of benzene rings is 2. The van der Waals surface area contributed by atoms with Gasteiger partial charge in [-0.25, -0.2) is 14.8 Å². The Hall–Kier alpha value is -3.91. The van der Waals surface area contributed by atoms with E-state index in [1.165, 1.54) is 6.42 Å². The SMILES string of the molecule is CC(C)(c1ccc(OCc2ccnc(N3CCN(CC4CCN(C5CCCN(C(=O)O)C5)C4)CC3)n2)cc1)c1cc(Cl)cc(C#N)c1. The van der Waals surface area contributed by atoms with E-state index in [1.807, 2.05) is 36.5 Å². The highest BCUT2D eigenvalue weighted by atomic mass is 35.5. The van der Waals surface area contributed by atoms with E-state index in [0.29, 0.717) is 42.2 Å². The molecule has 3 saturated heterocycles. The molecule has 4 heterocycles. The van der Waals surface area contributed by atoms with Gasteiger partial charge in [-0.15, -0.1) is 0 Å². The molecule has 11 heteroatoms. The lowest BCUT2D eigenvalue weighted by Gasteiger charge is -2.37. The second kappa shape index (κ2) is 14.5. The number of nitriles is 1. The topological polar surface area (TPSA) is 109 Å². The minimum atomic E-state index is -0.788. The van der Waals surface area contributed by atoms with Gasteiger partial charge < -0.3 is 19.6 Å². The summed E-state index contributed by atoms with van der Waals surface area (Å²) in [6, 6.07) is 18.0. The van der Waals surface area contributed by atoms with Crippen LogP contribution in [0.3, 0.4) is 0 Å². The number of aromatic nitrogens is 2.